The molecule has 3 nitrogen and oxygen atoms in total. The van der Waals surface area contributed by atoms with Gasteiger partial charge in [-0.05, 0) is 30.3 Å². The van der Waals surface area contributed by atoms with Gasteiger partial charge < -0.3 is 5.73 Å². The molecule has 0 aliphatic heterocycles. The zero-order valence-electron chi connectivity index (χ0n) is 11.1. The number of anilines is 1. The smallest absolute Gasteiger partial charge is 0.399 e. The lowest BCUT2D eigenvalue weighted by molar-refractivity contribution is -0.137. The zero-order chi connectivity index (χ0) is 15.2. The second kappa shape index (κ2) is 4.51. The van der Waals surface area contributed by atoms with Crippen molar-refractivity contribution in [1.29, 1.82) is 0 Å². The maximum absolute atomic E-state index is 12.8. The molecule has 0 saturated carbocycles. The number of alkyl halides is 3. The SMILES string of the molecule is Cn1nc(-c2cccc(C(F)(F)F)c2)c2cc(N)ccc21. The number of nitrogens with zero attached hydrogens (tertiary/aromatic N) is 2. The third-order valence-corrected chi connectivity index (χ3v) is 3.34. The Morgan fingerprint density at radius 3 is 2.57 bits per heavy atom. The number of nitrogens with two attached hydrogens (primary N) is 1. The predicted octanol–water partition coefficient (Wildman–Crippen LogP) is 3.84. The summed E-state index contributed by atoms with van der Waals surface area (Å²) >= 11 is 0. The van der Waals surface area contributed by atoms with E-state index in [1.54, 1.807) is 36.0 Å². The largest absolute Gasteiger partial charge is 0.416 e. The van der Waals surface area contributed by atoms with Gasteiger partial charge in [-0.25, -0.2) is 0 Å². The highest BCUT2D eigenvalue weighted by Gasteiger charge is 2.30. The molecule has 1 aromatic heterocycles. The zero-order valence-corrected chi connectivity index (χ0v) is 11.1. The summed E-state index contributed by atoms with van der Waals surface area (Å²) < 4.78 is 40.1. The molecule has 3 aromatic rings. The molecule has 0 amide bonds. The summed E-state index contributed by atoms with van der Waals surface area (Å²) in [5, 5.41) is 5.05. The van der Waals surface area contributed by atoms with E-state index in [0.717, 1.165) is 23.0 Å². The summed E-state index contributed by atoms with van der Waals surface area (Å²) in [7, 11) is 1.75. The van der Waals surface area contributed by atoms with Crippen LogP contribution in [0.25, 0.3) is 22.2 Å². The van der Waals surface area contributed by atoms with Crippen LogP contribution in [-0.2, 0) is 13.2 Å². The number of fused-ring (bicyclic) bond motifs is 1. The molecule has 2 N–H and O–H groups in total. The standard InChI is InChI=1S/C15H12F3N3/c1-21-13-6-5-11(19)8-12(13)14(20-21)9-3-2-4-10(7-9)15(16,17)18/h2-8H,19H2,1H3. The molecule has 0 radical (unpaired) electrons. The lowest BCUT2D eigenvalue weighted by Gasteiger charge is -2.07. The Labute approximate surface area is 118 Å². The monoisotopic (exact) mass is 291 g/mol. The van der Waals surface area contributed by atoms with E-state index in [2.05, 4.69) is 5.10 Å². The van der Waals surface area contributed by atoms with Gasteiger partial charge in [-0.1, -0.05) is 12.1 Å². The summed E-state index contributed by atoms with van der Waals surface area (Å²) in [4.78, 5) is 0. The van der Waals surface area contributed by atoms with Crippen LogP contribution in [0.1, 0.15) is 5.56 Å². The van der Waals surface area contributed by atoms with E-state index in [0.29, 0.717) is 16.9 Å². The van der Waals surface area contributed by atoms with Gasteiger partial charge >= 0.3 is 6.18 Å². The van der Waals surface area contributed by atoms with E-state index < -0.39 is 11.7 Å². The first-order valence-electron chi connectivity index (χ1n) is 6.26. The Kier molecular flexibility index (Phi) is 2.90. The van der Waals surface area contributed by atoms with Gasteiger partial charge in [0.15, 0.2) is 0 Å². The van der Waals surface area contributed by atoms with Gasteiger partial charge in [0.25, 0.3) is 0 Å². The Bertz CT molecular complexity index is 819. The van der Waals surface area contributed by atoms with E-state index in [4.69, 9.17) is 5.73 Å². The van der Waals surface area contributed by atoms with Crippen LogP contribution in [0.15, 0.2) is 42.5 Å². The maximum atomic E-state index is 12.8. The summed E-state index contributed by atoms with van der Waals surface area (Å²) in [6, 6.07) is 10.4. The molecule has 108 valence electrons. The second-order valence-corrected chi connectivity index (χ2v) is 4.83. The Morgan fingerprint density at radius 1 is 1.10 bits per heavy atom. The topological polar surface area (TPSA) is 43.8 Å². The molecule has 0 spiro atoms. The van der Waals surface area contributed by atoms with Crippen LogP contribution in [0, 0.1) is 0 Å². The fourth-order valence-corrected chi connectivity index (χ4v) is 2.34. The normalized spacial score (nSPS) is 12.0. The van der Waals surface area contributed by atoms with E-state index in [9.17, 15) is 13.2 Å². The molecule has 0 fully saturated rings. The first kappa shape index (κ1) is 13.5. The van der Waals surface area contributed by atoms with Crippen LogP contribution >= 0.6 is 0 Å². The summed E-state index contributed by atoms with van der Waals surface area (Å²) in [6.45, 7) is 0. The van der Waals surface area contributed by atoms with Gasteiger partial charge in [0, 0.05) is 23.7 Å². The molecule has 0 bridgehead atoms. The number of hydrogen-bond acceptors (Lipinski definition) is 2. The fourth-order valence-electron chi connectivity index (χ4n) is 2.34. The van der Waals surface area contributed by atoms with Crippen molar-refractivity contribution in [1.82, 2.24) is 9.78 Å². The van der Waals surface area contributed by atoms with Gasteiger partial charge in [-0.2, -0.15) is 18.3 Å². The highest BCUT2D eigenvalue weighted by Crippen LogP contribution is 2.34. The number of nitrogen functional groups attached to an aromatic ring is 1. The fraction of sp³-hybridized carbons (Fsp3) is 0.133. The maximum Gasteiger partial charge on any atom is 0.416 e. The predicted molar refractivity (Wildman–Crippen MR) is 75.6 cm³/mol. The molecule has 0 unspecified atom stereocenters. The van der Waals surface area contributed by atoms with Crippen molar-refractivity contribution in [3.8, 4) is 11.3 Å². The summed E-state index contributed by atoms with van der Waals surface area (Å²) in [5.41, 5.74) is 7.34. The number of benzene rings is 2. The third kappa shape index (κ3) is 2.33. The minimum Gasteiger partial charge on any atom is -0.399 e. The van der Waals surface area contributed by atoms with E-state index in [-0.39, 0.29) is 0 Å². The summed E-state index contributed by atoms with van der Waals surface area (Å²) in [6.07, 6.45) is -4.38. The quantitative estimate of drug-likeness (QED) is 0.692. The number of hydrogen-bond donors (Lipinski definition) is 1. The third-order valence-electron chi connectivity index (χ3n) is 3.34. The molecule has 0 aliphatic carbocycles. The van der Waals surface area contributed by atoms with Gasteiger partial charge in [-0.3, -0.25) is 4.68 Å². The Hall–Kier alpha value is -2.50. The molecular weight excluding hydrogens is 279 g/mol. The molecule has 0 aliphatic rings. The summed E-state index contributed by atoms with van der Waals surface area (Å²) in [5.74, 6) is 0. The van der Waals surface area contributed by atoms with Crippen LogP contribution in [-0.4, -0.2) is 9.78 Å². The van der Waals surface area contributed by atoms with Crippen molar-refractivity contribution in [2.45, 2.75) is 6.18 Å². The van der Waals surface area contributed by atoms with Crippen molar-refractivity contribution >= 4 is 16.6 Å². The van der Waals surface area contributed by atoms with E-state index in [1.807, 2.05) is 0 Å². The average Bonchev–Trinajstić information content (AvgIpc) is 2.75. The highest BCUT2D eigenvalue weighted by atomic mass is 19.4. The average molecular weight is 291 g/mol. The molecule has 0 saturated heterocycles. The first-order chi connectivity index (χ1) is 9.86. The van der Waals surface area contributed by atoms with E-state index in [1.165, 1.54) is 6.07 Å². The van der Waals surface area contributed by atoms with Crippen molar-refractivity contribution in [3.05, 3.63) is 48.0 Å². The van der Waals surface area contributed by atoms with Gasteiger partial charge in [-0.15, -0.1) is 0 Å². The van der Waals surface area contributed by atoms with Crippen molar-refractivity contribution in [3.63, 3.8) is 0 Å². The van der Waals surface area contributed by atoms with Crippen LogP contribution in [0.5, 0.6) is 0 Å². The lowest BCUT2D eigenvalue weighted by atomic mass is 10.0. The second-order valence-electron chi connectivity index (χ2n) is 4.83. The van der Waals surface area contributed by atoms with Crippen LogP contribution in [0.4, 0.5) is 18.9 Å². The number of aromatic nitrogens is 2. The van der Waals surface area contributed by atoms with Crippen molar-refractivity contribution in [2.75, 3.05) is 5.73 Å². The Morgan fingerprint density at radius 2 is 1.86 bits per heavy atom. The lowest BCUT2D eigenvalue weighted by Crippen LogP contribution is -2.04. The molecular formula is C15H12F3N3. The first-order valence-corrected chi connectivity index (χ1v) is 6.26. The molecule has 21 heavy (non-hydrogen) atoms. The number of aryl methyl sites for hydroxylation is 1. The van der Waals surface area contributed by atoms with Crippen LogP contribution < -0.4 is 5.73 Å². The van der Waals surface area contributed by atoms with Crippen LogP contribution in [0.3, 0.4) is 0 Å². The molecule has 6 heteroatoms. The van der Waals surface area contributed by atoms with Crippen molar-refractivity contribution in [2.24, 2.45) is 7.05 Å². The van der Waals surface area contributed by atoms with Gasteiger partial charge in [0.05, 0.1) is 11.1 Å². The highest BCUT2D eigenvalue weighted by molar-refractivity contribution is 5.95. The van der Waals surface area contributed by atoms with E-state index >= 15 is 0 Å². The minimum absolute atomic E-state index is 0.418. The molecule has 0 atom stereocenters. The molecule has 3 rings (SSSR count). The number of halogens is 3. The van der Waals surface area contributed by atoms with Gasteiger partial charge in [0.2, 0.25) is 0 Å². The Balaban J connectivity index is 2.23. The minimum atomic E-state index is -4.38. The molecule has 2 aromatic carbocycles. The van der Waals surface area contributed by atoms with Gasteiger partial charge in [0.1, 0.15) is 5.69 Å². The number of rotatable bonds is 1. The van der Waals surface area contributed by atoms with Crippen LogP contribution in [0.2, 0.25) is 0 Å². The van der Waals surface area contributed by atoms with Crippen molar-refractivity contribution < 1.29 is 13.2 Å². The molecule has 1 heterocycles.